The summed E-state index contributed by atoms with van der Waals surface area (Å²) in [6, 6.07) is 4.54. The van der Waals surface area contributed by atoms with Crippen LogP contribution in [0.15, 0.2) is 18.2 Å². The Morgan fingerprint density at radius 1 is 1.16 bits per heavy atom. The van der Waals surface area contributed by atoms with E-state index in [4.69, 9.17) is 5.73 Å². The van der Waals surface area contributed by atoms with Gasteiger partial charge in [-0.15, -0.1) is 0 Å². The van der Waals surface area contributed by atoms with Crippen molar-refractivity contribution in [2.45, 2.75) is 38.8 Å². The number of rotatable bonds is 3. The van der Waals surface area contributed by atoms with Crippen LogP contribution in [-0.2, 0) is 22.7 Å². The third-order valence-corrected chi connectivity index (χ3v) is 3.31. The Morgan fingerprint density at radius 3 is 2.37 bits per heavy atom. The van der Waals surface area contributed by atoms with Crippen LogP contribution in [0, 0.1) is 5.82 Å². The second kappa shape index (κ2) is 5.93. The zero-order valence-corrected chi connectivity index (χ0v) is 10.7. The summed E-state index contributed by atoms with van der Waals surface area (Å²) in [6.45, 7) is 0.298. The number of carbonyl (C=O) groups excluding carboxylic acids is 2. The van der Waals surface area contributed by atoms with Crippen molar-refractivity contribution in [3.63, 3.8) is 0 Å². The van der Waals surface area contributed by atoms with Crippen LogP contribution < -0.4 is 5.73 Å². The Hall–Kier alpha value is -1.75. The van der Waals surface area contributed by atoms with E-state index in [-0.39, 0.29) is 18.4 Å². The number of carbonyl (C=O) groups is 2. The molecule has 0 radical (unpaired) electrons. The SMILES string of the molecule is NCc1ccc(F)c(CN2C(=O)CCCCC2=O)c1. The Labute approximate surface area is 111 Å². The summed E-state index contributed by atoms with van der Waals surface area (Å²) in [5, 5.41) is 0. The Bertz CT molecular complexity index is 484. The monoisotopic (exact) mass is 264 g/mol. The van der Waals surface area contributed by atoms with Crippen LogP contribution in [0.2, 0.25) is 0 Å². The Kier molecular flexibility index (Phi) is 4.27. The first-order valence-electron chi connectivity index (χ1n) is 6.42. The molecule has 1 aromatic carbocycles. The van der Waals surface area contributed by atoms with Crippen LogP contribution in [0.3, 0.4) is 0 Å². The number of nitrogens with two attached hydrogens (primary N) is 1. The largest absolute Gasteiger partial charge is 0.326 e. The molecule has 1 aromatic rings. The van der Waals surface area contributed by atoms with E-state index in [0.717, 1.165) is 10.5 Å². The molecule has 0 bridgehead atoms. The minimum absolute atomic E-state index is 0.00264. The number of nitrogens with zero attached hydrogens (tertiary/aromatic N) is 1. The Morgan fingerprint density at radius 2 is 1.79 bits per heavy atom. The molecule has 2 N–H and O–H groups in total. The summed E-state index contributed by atoms with van der Waals surface area (Å²) in [6.07, 6.45) is 2.13. The average Bonchev–Trinajstić information content (AvgIpc) is 2.56. The lowest BCUT2D eigenvalue weighted by Crippen LogP contribution is -2.34. The van der Waals surface area contributed by atoms with E-state index in [1.807, 2.05) is 0 Å². The van der Waals surface area contributed by atoms with E-state index in [2.05, 4.69) is 0 Å². The number of halogens is 1. The van der Waals surface area contributed by atoms with Crippen molar-refractivity contribution in [1.82, 2.24) is 4.90 Å². The molecule has 1 aliphatic rings. The summed E-state index contributed by atoms with van der Waals surface area (Å²) in [5.41, 5.74) is 6.63. The van der Waals surface area contributed by atoms with E-state index in [1.54, 1.807) is 12.1 Å². The van der Waals surface area contributed by atoms with Gasteiger partial charge in [0.1, 0.15) is 5.82 Å². The van der Waals surface area contributed by atoms with Crippen molar-refractivity contribution < 1.29 is 14.0 Å². The van der Waals surface area contributed by atoms with E-state index >= 15 is 0 Å². The van der Waals surface area contributed by atoms with Crippen molar-refractivity contribution >= 4 is 11.8 Å². The lowest BCUT2D eigenvalue weighted by molar-refractivity contribution is -0.144. The van der Waals surface area contributed by atoms with Gasteiger partial charge in [-0.05, 0) is 30.5 Å². The lowest BCUT2D eigenvalue weighted by atomic mass is 10.1. The first-order chi connectivity index (χ1) is 9.11. The van der Waals surface area contributed by atoms with Crippen LogP contribution in [0.5, 0.6) is 0 Å². The molecular formula is C14H17FN2O2. The van der Waals surface area contributed by atoms with Gasteiger partial charge in [-0.3, -0.25) is 14.5 Å². The predicted octanol–water partition coefficient (Wildman–Crippen LogP) is 1.71. The number of hydrogen-bond acceptors (Lipinski definition) is 3. The zero-order valence-electron chi connectivity index (χ0n) is 10.7. The maximum Gasteiger partial charge on any atom is 0.229 e. The highest BCUT2D eigenvalue weighted by atomic mass is 19.1. The van der Waals surface area contributed by atoms with E-state index in [9.17, 15) is 14.0 Å². The molecule has 2 amide bonds. The molecule has 5 heteroatoms. The van der Waals surface area contributed by atoms with Crippen LogP contribution in [-0.4, -0.2) is 16.7 Å². The second-order valence-corrected chi connectivity index (χ2v) is 4.71. The first kappa shape index (κ1) is 13.7. The summed E-state index contributed by atoms with van der Waals surface area (Å²) >= 11 is 0. The van der Waals surface area contributed by atoms with E-state index in [0.29, 0.717) is 37.8 Å². The third kappa shape index (κ3) is 3.17. The van der Waals surface area contributed by atoms with Gasteiger partial charge >= 0.3 is 0 Å². The van der Waals surface area contributed by atoms with Gasteiger partial charge in [0.2, 0.25) is 11.8 Å². The first-order valence-corrected chi connectivity index (χ1v) is 6.42. The maximum atomic E-state index is 13.7. The van der Waals surface area contributed by atoms with Gasteiger partial charge in [-0.1, -0.05) is 6.07 Å². The highest BCUT2D eigenvalue weighted by Gasteiger charge is 2.24. The van der Waals surface area contributed by atoms with Crippen LogP contribution >= 0.6 is 0 Å². The zero-order chi connectivity index (χ0) is 13.8. The standard InChI is InChI=1S/C14H17FN2O2/c15-12-6-5-10(8-16)7-11(12)9-17-13(18)3-1-2-4-14(17)19/h5-7H,1-4,8-9,16H2. The number of imide groups is 1. The van der Waals surface area contributed by atoms with Gasteiger partial charge in [0.25, 0.3) is 0 Å². The molecule has 102 valence electrons. The van der Waals surface area contributed by atoms with Crippen molar-refractivity contribution in [2.75, 3.05) is 0 Å². The number of hydrogen-bond donors (Lipinski definition) is 1. The molecule has 1 heterocycles. The molecular weight excluding hydrogens is 247 g/mol. The number of likely N-dealkylation sites (tertiary alicyclic amines) is 1. The molecule has 0 unspecified atom stereocenters. The molecule has 19 heavy (non-hydrogen) atoms. The fraction of sp³-hybridized carbons (Fsp3) is 0.429. The molecule has 1 fully saturated rings. The van der Waals surface area contributed by atoms with Gasteiger partial charge in [0, 0.05) is 24.9 Å². The number of amides is 2. The van der Waals surface area contributed by atoms with Gasteiger partial charge in [0.05, 0.1) is 6.54 Å². The minimum atomic E-state index is -0.415. The highest BCUT2D eigenvalue weighted by Crippen LogP contribution is 2.18. The quantitative estimate of drug-likeness (QED) is 0.845. The van der Waals surface area contributed by atoms with Crippen LogP contribution in [0.25, 0.3) is 0 Å². The number of benzene rings is 1. The van der Waals surface area contributed by atoms with Gasteiger partial charge in [0.15, 0.2) is 0 Å². The molecule has 1 aliphatic heterocycles. The van der Waals surface area contributed by atoms with Crippen molar-refractivity contribution in [2.24, 2.45) is 5.73 Å². The normalized spacial score (nSPS) is 16.6. The minimum Gasteiger partial charge on any atom is -0.326 e. The van der Waals surface area contributed by atoms with Crippen molar-refractivity contribution in [3.05, 3.63) is 35.1 Å². The molecule has 0 atom stereocenters. The fourth-order valence-corrected chi connectivity index (χ4v) is 2.18. The van der Waals surface area contributed by atoms with E-state index in [1.165, 1.54) is 6.07 Å². The predicted molar refractivity (Wildman–Crippen MR) is 68.3 cm³/mol. The van der Waals surface area contributed by atoms with E-state index < -0.39 is 5.82 Å². The lowest BCUT2D eigenvalue weighted by Gasteiger charge is -2.19. The van der Waals surface area contributed by atoms with Crippen LogP contribution in [0.1, 0.15) is 36.8 Å². The topological polar surface area (TPSA) is 63.4 Å². The summed E-state index contributed by atoms with van der Waals surface area (Å²) in [4.78, 5) is 24.9. The van der Waals surface area contributed by atoms with Crippen molar-refractivity contribution in [1.29, 1.82) is 0 Å². The Balaban J connectivity index is 2.23. The second-order valence-electron chi connectivity index (χ2n) is 4.71. The molecule has 0 aliphatic carbocycles. The molecule has 1 saturated heterocycles. The summed E-state index contributed by atoms with van der Waals surface area (Å²) in [5.74, 6) is -0.859. The average molecular weight is 264 g/mol. The van der Waals surface area contributed by atoms with Crippen LogP contribution in [0.4, 0.5) is 4.39 Å². The highest BCUT2D eigenvalue weighted by molar-refractivity contribution is 5.95. The smallest absolute Gasteiger partial charge is 0.229 e. The molecule has 0 aromatic heterocycles. The third-order valence-electron chi connectivity index (χ3n) is 3.31. The van der Waals surface area contributed by atoms with Gasteiger partial charge in [-0.25, -0.2) is 4.39 Å². The fourth-order valence-electron chi connectivity index (χ4n) is 2.18. The molecule has 4 nitrogen and oxygen atoms in total. The van der Waals surface area contributed by atoms with Gasteiger partial charge < -0.3 is 5.73 Å². The van der Waals surface area contributed by atoms with Gasteiger partial charge in [-0.2, -0.15) is 0 Å². The molecule has 0 saturated carbocycles. The molecule has 2 rings (SSSR count). The maximum absolute atomic E-state index is 13.7. The summed E-state index contributed by atoms with van der Waals surface area (Å²) in [7, 11) is 0. The van der Waals surface area contributed by atoms with Crippen molar-refractivity contribution in [3.8, 4) is 0 Å². The molecule has 0 spiro atoms. The summed E-state index contributed by atoms with van der Waals surface area (Å²) < 4.78 is 13.7.